The smallest absolute Gasteiger partial charge is 0.260 e. The second kappa shape index (κ2) is 4.34. The van der Waals surface area contributed by atoms with Crippen molar-refractivity contribution in [1.29, 1.82) is 0 Å². The lowest BCUT2D eigenvalue weighted by Gasteiger charge is -2.14. The van der Waals surface area contributed by atoms with E-state index in [4.69, 9.17) is 4.74 Å². The van der Waals surface area contributed by atoms with Gasteiger partial charge in [0.15, 0.2) is 0 Å². The van der Waals surface area contributed by atoms with Crippen molar-refractivity contribution in [3.8, 4) is 5.75 Å². The summed E-state index contributed by atoms with van der Waals surface area (Å²) in [5.74, 6) is 1.33. The first-order valence-electron chi connectivity index (χ1n) is 6.68. The fourth-order valence-electron chi connectivity index (χ4n) is 2.68. The van der Waals surface area contributed by atoms with E-state index in [0.717, 1.165) is 16.5 Å². The number of nitrogens with one attached hydrogen (secondary N) is 1. The molecule has 3 heterocycles. The molecule has 1 amide bonds. The van der Waals surface area contributed by atoms with E-state index in [2.05, 4.69) is 9.97 Å². The highest BCUT2D eigenvalue weighted by Crippen LogP contribution is 2.30. The molecular formula is C16H13N3O2. The van der Waals surface area contributed by atoms with Crippen LogP contribution in [0.25, 0.3) is 10.9 Å². The van der Waals surface area contributed by atoms with Gasteiger partial charge < -0.3 is 9.72 Å². The predicted molar refractivity (Wildman–Crippen MR) is 79.6 cm³/mol. The van der Waals surface area contributed by atoms with Crippen molar-refractivity contribution >= 4 is 22.6 Å². The number of amides is 1. The van der Waals surface area contributed by atoms with Crippen LogP contribution in [0.1, 0.15) is 15.9 Å². The zero-order chi connectivity index (χ0) is 14.4. The van der Waals surface area contributed by atoms with Gasteiger partial charge in [-0.1, -0.05) is 6.07 Å². The maximum absolute atomic E-state index is 12.6. The van der Waals surface area contributed by atoms with Crippen molar-refractivity contribution < 1.29 is 9.53 Å². The molecule has 4 rings (SSSR count). The number of hydrogen-bond acceptors (Lipinski definition) is 3. The minimum absolute atomic E-state index is 0.0358. The lowest BCUT2D eigenvalue weighted by atomic mass is 10.1. The van der Waals surface area contributed by atoms with Crippen LogP contribution in [0, 0.1) is 0 Å². The van der Waals surface area contributed by atoms with Crippen LogP contribution >= 0.6 is 0 Å². The number of benzene rings is 1. The number of methoxy groups -OCH3 is 1. The summed E-state index contributed by atoms with van der Waals surface area (Å²) in [5.41, 5.74) is 2.65. The Balaban J connectivity index is 1.75. The zero-order valence-electron chi connectivity index (χ0n) is 11.5. The second-order valence-electron chi connectivity index (χ2n) is 5.02. The SMILES string of the molecule is COc1ccc2c(c1)C(=O)N(c1cc3cc[nH]c3cn1)C2. The Morgan fingerprint density at radius 1 is 1.29 bits per heavy atom. The highest BCUT2D eigenvalue weighted by atomic mass is 16.5. The maximum Gasteiger partial charge on any atom is 0.260 e. The van der Waals surface area contributed by atoms with E-state index in [1.54, 1.807) is 24.3 Å². The van der Waals surface area contributed by atoms with Gasteiger partial charge in [0.05, 0.1) is 25.4 Å². The molecule has 0 aliphatic carbocycles. The molecule has 21 heavy (non-hydrogen) atoms. The number of carbonyl (C=O) groups is 1. The van der Waals surface area contributed by atoms with E-state index in [1.807, 2.05) is 30.5 Å². The van der Waals surface area contributed by atoms with Crippen LogP contribution in [0.2, 0.25) is 0 Å². The third kappa shape index (κ3) is 1.78. The fourth-order valence-corrected chi connectivity index (χ4v) is 2.68. The summed E-state index contributed by atoms with van der Waals surface area (Å²) in [6.45, 7) is 0.543. The predicted octanol–water partition coefficient (Wildman–Crippen LogP) is 2.73. The van der Waals surface area contributed by atoms with Crippen LogP contribution in [0.3, 0.4) is 0 Å². The molecule has 1 aliphatic heterocycles. The monoisotopic (exact) mass is 279 g/mol. The van der Waals surface area contributed by atoms with Crippen molar-refractivity contribution in [2.45, 2.75) is 6.54 Å². The topological polar surface area (TPSA) is 58.2 Å². The van der Waals surface area contributed by atoms with E-state index >= 15 is 0 Å². The van der Waals surface area contributed by atoms with E-state index in [9.17, 15) is 4.79 Å². The fraction of sp³-hybridized carbons (Fsp3) is 0.125. The molecule has 1 aromatic carbocycles. The number of pyridine rings is 1. The number of H-pyrrole nitrogens is 1. The Morgan fingerprint density at radius 2 is 2.19 bits per heavy atom. The number of anilines is 1. The first-order valence-corrected chi connectivity index (χ1v) is 6.68. The number of aromatic nitrogens is 2. The first-order chi connectivity index (χ1) is 10.3. The molecule has 0 saturated carbocycles. The summed E-state index contributed by atoms with van der Waals surface area (Å²) in [6.07, 6.45) is 3.61. The molecule has 0 spiro atoms. The van der Waals surface area contributed by atoms with Crippen LogP contribution in [0.5, 0.6) is 5.75 Å². The van der Waals surface area contributed by atoms with Gasteiger partial charge in [0, 0.05) is 17.1 Å². The van der Waals surface area contributed by atoms with Gasteiger partial charge >= 0.3 is 0 Å². The third-order valence-corrected chi connectivity index (χ3v) is 3.82. The number of rotatable bonds is 2. The molecular weight excluding hydrogens is 266 g/mol. The zero-order valence-corrected chi connectivity index (χ0v) is 11.5. The van der Waals surface area contributed by atoms with Crippen LogP contribution in [-0.4, -0.2) is 23.0 Å². The Kier molecular flexibility index (Phi) is 2.47. The van der Waals surface area contributed by atoms with Gasteiger partial charge in [0.1, 0.15) is 11.6 Å². The van der Waals surface area contributed by atoms with E-state index in [1.165, 1.54) is 0 Å². The molecule has 104 valence electrons. The van der Waals surface area contributed by atoms with E-state index in [0.29, 0.717) is 23.7 Å². The number of nitrogens with zero attached hydrogens (tertiary/aromatic N) is 2. The molecule has 0 fully saturated rings. The molecule has 0 atom stereocenters. The average Bonchev–Trinajstić information content (AvgIpc) is 3.11. The summed E-state index contributed by atoms with van der Waals surface area (Å²) >= 11 is 0. The van der Waals surface area contributed by atoms with Gasteiger partial charge in [0.25, 0.3) is 5.91 Å². The van der Waals surface area contributed by atoms with Gasteiger partial charge in [-0.2, -0.15) is 0 Å². The molecule has 1 aliphatic rings. The molecule has 0 bridgehead atoms. The van der Waals surface area contributed by atoms with Crippen LogP contribution in [0.4, 0.5) is 5.82 Å². The lowest BCUT2D eigenvalue weighted by Crippen LogP contribution is -2.23. The Labute approximate surface area is 121 Å². The summed E-state index contributed by atoms with van der Waals surface area (Å²) in [4.78, 5) is 21.7. The quantitative estimate of drug-likeness (QED) is 0.784. The van der Waals surface area contributed by atoms with Gasteiger partial charge in [0.2, 0.25) is 0 Å². The number of aromatic amines is 1. The van der Waals surface area contributed by atoms with Gasteiger partial charge in [-0.05, 0) is 29.8 Å². The highest BCUT2D eigenvalue weighted by Gasteiger charge is 2.29. The minimum atomic E-state index is -0.0358. The first kappa shape index (κ1) is 12.0. The van der Waals surface area contributed by atoms with Crippen LogP contribution in [-0.2, 0) is 6.54 Å². The summed E-state index contributed by atoms with van der Waals surface area (Å²) in [7, 11) is 1.60. The van der Waals surface area contributed by atoms with E-state index < -0.39 is 0 Å². The maximum atomic E-state index is 12.6. The van der Waals surface area contributed by atoms with Crippen molar-refractivity contribution in [3.05, 3.63) is 53.9 Å². The Bertz CT molecular complexity index is 854. The molecule has 2 aromatic heterocycles. The molecule has 1 N–H and O–H groups in total. The summed E-state index contributed by atoms with van der Waals surface area (Å²) in [6, 6.07) is 9.48. The lowest BCUT2D eigenvalue weighted by molar-refractivity contribution is 0.0995. The third-order valence-electron chi connectivity index (χ3n) is 3.82. The normalized spacial score (nSPS) is 13.8. The molecule has 3 aromatic rings. The van der Waals surface area contributed by atoms with Gasteiger partial charge in [-0.25, -0.2) is 4.98 Å². The molecule has 0 saturated heterocycles. The number of carbonyl (C=O) groups excluding carboxylic acids is 1. The largest absolute Gasteiger partial charge is 0.497 e. The van der Waals surface area contributed by atoms with Crippen molar-refractivity contribution in [3.63, 3.8) is 0 Å². The number of hydrogen-bond donors (Lipinski definition) is 1. The van der Waals surface area contributed by atoms with Crippen LogP contribution in [0.15, 0.2) is 42.7 Å². The Morgan fingerprint density at radius 3 is 3.05 bits per heavy atom. The minimum Gasteiger partial charge on any atom is -0.497 e. The summed E-state index contributed by atoms with van der Waals surface area (Å²) < 4.78 is 5.19. The molecule has 5 nitrogen and oxygen atoms in total. The molecule has 0 radical (unpaired) electrons. The highest BCUT2D eigenvalue weighted by molar-refractivity contribution is 6.10. The summed E-state index contributed by atoms with van der Waals surface area (Å²) in [5, 5.41) is 1.04. The van der Waals surface area contributed by atoms with Crippen molar-refractivity contribution in [2.24, 2.45) is 0 Å². The standard InChI is InChI=1S/C16H13N3O2/c1-21-12-3-2-11-9-19(16(20)13(11)7-12)15-6-10-4-5-17-14(10)8-18-15/h2-8,17H,9H2,1H3. The molecule has 5 heteroatoms. The average molecular weight is 279 g/mol. The van der Waals surface area contributed by atoms with Gasteiger partial charge in [-0.3, -0.25) is 9.69 Å². The van der Waals surface area contributed by atoms with Gasteiger partial charge in [-0.15, -0.1) is 0 Å². The second-order valence-corrected chi connectivity index (χ2v) is 5.02. The van der Waals surface area contributed by atoms with Crippen LogP contribution < -0.4 is 9.64 Å². The van der Waals surface area contributed by atoms with E-state index in [-0.39, 0.29) is 5.91 Å². The molecule has 0 unspecified atom stereocenters. The van der Waals surface area contributed by atoms with Crippen molar-refractivity contribution in [1.82, 2.24) is 9.97 Å². The number of ether oxygens (including phenoxy) is 1. The number of fused-ring (bicyclic) bond motifs is 2. The Hall–Kier alpha value is -2.82. The van der Waals surface area contributed by atoms with Crippen molar-refractivity contribution in [2.75, 3.05) is 12.0 Å².